The van der Waals surface area contributed by atoms with Crippen LogP contribution in [0.3, 0.4) is 0 Å². The van der Waals surface area contributed by atoms with E-state index in [1.807, 2.05) is 30.3 Å². The quantitative estimate of drug-likeness (QED) is 0.0430. The molecule has 0 aromatic heterocycles. The number of hydrogen-bond acceptors (Lipinski definition) is 5. The van der Waals surface area contributed by atoms with Crippen molar-refractivity contribution in [3.8, 4) is 24.7 Å². The fourth-order valence-electron chi connectivity index (χ4n) is 5.68. The Kier molecular flexibility index (Phi) is 29.8. The Balaban J connectivity index is 2.18. The van der Waals surface area contributed by atoms with Gasteiger partial charge in [0, 0.05) is 25.7 Å². The summed E-state index contributed by atoms with van der Waals surface area (Å²) in [7, 11) is 0. The Bertz CT molecular complexity index is 944. The van der Waals surface area contributed by atoms with E-state index in [2.05, 4.69) is 11.8 Å². The second-order valence-electron chi connectivity index (χ2n) is 13.0. The summed E-state index contributed by atoms with van der Waals surface area (Å²) in [5.74, 6) is 4.93. The minimum Gasteiger partial charge on any atom is -0.462 e. The van der Waals surface area contributed by atoms with Gasteiger partial charge in [0.25, 0.3) is 0 Å². The zero-order valence-corrected chi connectivity index (χ0v) is 29.7. The first-order valence-corrected chi connectivity index (χ1v) is 19.0. The van der Waals surface area contributed by atoms with Crippen LogP contribution in [0.2, 0.25) is 0 Å². The first-order chi connectivity index (χ1) is 23.2. The molecule has 1 aromatic rings. The molecule has 1 aromatic carbocycles. The van der Waals surface area contributed by atoms with Crippen LogP contribution in [-0.2, 0) is 30.4 Å². The first kappa shape index (κ1) is 42.3. The highest BCUT2D eigenvalue weighted by Gasteiger charge is 2.17. The maximum absolute atomic E-state index is 12.6. The molecule has 1 rings (SSSR count). The highest BCUT2D eigenvalue weighted by Crippen LogP contribution is 2.15. The summed E-state index contributed by atoms with van der Waals surface area (Å²) in [6.07, 6.45) is 38.7. The number of terminal acetylenes is 2. The molecule has 0 unspecified atom stereocenters. The van der Waals surface area contributed by atoms with E-state index in [9.17, 15) is 9.59 Å². The summed E-state index contributed by atoms with van der Waals surface area (Å²) in [5.41, 5.74) is 1.05. The SMILES string of the molecule is C#CCCCCCCCCCCCCCC(=O)OC[C@H](COCc1ccccc1)OC(=O)CCCCCCCCCCCCCC#C. The number of benzene rings is 1. The average Bonchev–Trinajstić information content (AvgIpc) is 3.08. The number of rotatable bonds is 33. The van der Waals surface area contributed by atoms with E-state index in [-0.39, 0.29) is 25.2 Å². The number of carbonyl (C=O) groups excluding carboxylic acids is 2. The maximum Gasteiger partial charge on any atom is 0.306 e. The average molecular weight is 651 g/mol. The Morgan fingerprint density at radius 1 is 0.532 bits per heavy atom. The molecule has 0 radical (unpaired) electrons. The molecule has 0 N–H and O–H groups in total. The standard InChI is InChI=1S/C42H66O5/c1-3-5-7-9-11-13-15-17-19-21-23-25-30-34-41(43)46-38-40(37-45-36-39-32-28-27-29-33-39)47-42(44)35-31-26-24-22-20-18-16-14-12-10-8-6-4-2/h1-2,27-29,32-33,40H,5-26,30-31,34-38H2/t40-/m0/s1. The van der Waals surface area contributed by atoms with Gasteiger partial charge in [0.15, 0.2) is 6.10 Å². The molecule has 0 bridgehead atoms. The zero-order chi connectivity index (χ0) is 33.9. The molecule has 0 spiro atoms. The van der Waals surface area contributed by atoms with Gasteiger partial charge in [-0.2, -0.15) is 0 Å². The molecule has 0 saturated heterocycles. The Labute approximate surface area is 288 Å². The normalized spacial score (nSPS) is 11.4. The summed E-state index contributed by atoms with van der Waals surface area (Å²) in [6, 6.07) is 9.88. The fourth-order valence-corrected chi connectivity index (χ4v) is 5.68. The fraction of sp³-hybridized carbons (Fsp3) is 0.714. The number of esters is 2. The molecule has 5 heteroatoms. The summed E-state index contributed by atoms with van der Waals surface area (Å²) in [5, 5.41) is 0. The molecule has 264 valence electrons. The Hall–Kier alpha value is -2.76. The molecule has 47 heavy (non-hydrogen) atoms. The van der Waals surface area contributed by atoms with Crippen molar-refractivity contribution in [2.45, 2.75) is 180 Å². The van der Waals surface area contributed by atoms with Crippen molar-refractivity contribution in [1.82, 2.24) is 0 Å². The summed E-state index contributed by atoms with van der Waals surface area (Å²) in [4.78, 5) is 25.0. The van der Waals surface area contributed by atoms with Crippen molar-refractivity contribution in [3.05, 3.63) is 35.9 Å². The zero-order valence-electron chi connectivity index (χ0n) is 29.7. The third-order valence-corrected chi connectivity index (χ3v) is 8.55. The van der Waals surface area contributed by atoms with Gasteiger partial charge in [-0.05, 0) is 31.2 Å². The van der Waals surface area contributed by atoms with Crippen LogP contribution in [0.4, 0.5) is 0 Å². The van der Waals surface area contributed by atoms with E-state index in [0.29, 0.717) is 19.4 Å². The molecular formula is C42H66O5. The topological polar surface area (TPSA) is 61.8 Å². The van der Waals surface area contributed by atoms with Crippen LogP contribution in [0.5, 0.6) is 0 Å². The van der Waals surface area contributed by atoms with Gasteiger partial charge in [0.05, 0.1) is 13.2 Å². The number of carbonyl (C=O) groups is 2. The summed E-state index contributed by atoms with van der Waals surface area (Å²) in [6.45, 7) is 0.649. The van der Waals surface area contributed by atoms with Crippen LogP contribution in [0.1, 0.15) is 173 Å². The lowest BCUT2D eigenvalue weighted by molar-refractivity contribution is -0.163. The van der Waals surface area contributed by atoms with Gasteiger partial charge < -0.3 is 14.2 Å². The summed E-state index contributed by atoms with van der Waals surface area (Å²) >= 11 is 0. The monoisotopic (exact) mass is 650 g/mol. The highest BCUT2D eigenvalue weighted by atomic mass is 16.6. The van der Waals surface area contributed by atoms with E-state index >= 15 is 0 Å². The van der Waals surface area contributed by atoms with Gasteiger partial charge in [-0.15, -0.1) is 24.7 Å². The third-order valence-electron chi connectivity index (χ3n) is 8.55. The lowest BCUT2D eigenvalue weighted by Crippen LogP contribution is -2.29. The number of hydrogen-bond donors (Lipinski definition) is 0. The van der Waals surface area contributed by atoms with E-state index in [4.69, 9.17) is 27.1 Å². The minimum atomic E-state index is -0.598. The molecular weight excluding hydrogens is 584 g/mol. The van der Waals surface area contributed by atoms with Crippen molar-refractivity contribution in [1.29, 1.82) is 0 Å². The third kappa shape index (κ3) is 29.1. The molecule has 0 aliphatic heterocycles. The Morgan fingerprint density at radius 3 is 1.38 bits per heavy atom. The molecule has 0 aliphatic carbocycles. The maximum atomic E-state index is 12.6. The molecule has 0 fully saturated rings. The summed E-state index contributed by atoms with van der Waals surface area (Å²) < 4.78 is 17.1. The van der Waals surface area contributed by atoms with Crippen molar-refractivity contribution in [2.24, 2.45) is 0 Å². The first-order valence-electron chi connectivity index (χ1n) is 19.0. The van der Waals surface area contributed by atoms with Crippen LogP contribution < -0.4 is 0 Å². The minimum absolute atomic E-state index is 0.0337. The lowest BCUT2D eigenvalue weighted by atomic mass is 10.0. The molecule has 1 atom stereocenters. The van der Waals surface area contributed by atoms with Crippen molar-refractivity contribution < 1.29 is 23.8 Å². The van der Waals surface area contributed by atoms with Crippen LogP contribution >= 0.6 is 0 Å². The van der Waals surface area contributed by atoms with E-state index < -0.39 is 6.10 Å². The van der Waals surface area contributed by atoms with Crippen LogP contribution in [0.25, 0.3) is 0 Å². The number of unbranched alkanes of at least 4 members (excludes halogenated alkanes) is 22. The van der Waals surface area contributed by atoms with Gasteiger partial charge >= 0.3 is 11.9 Å². The molecule has 0 saturated carbocycles. The number of ether oxygens (including phenoxy) is 3. The van der Waals surface area contributed by atoms with Gasteiger partial charge in [-0.3, -0.25) is 9.59 Å². The van der Waals surface area contributed by atoms with Gasteiger partial charge in [-0.25, -0.2) is 0 Å². The van der Waals surface area contributed by atoms with Crippen LogP contribution in [0.15, 0.2) is 30.3 Å². The molecule has 0 heterocycles. The van der Waals surface area contributed by atoms with Crippen molar-refractivity contribution >= 4 is 11.9 Å². The van der Waals surface area contributed by atoms with Crippen molar-refractivity contribution in [2.75, 3.05) is 13.2 Å². The predicted molar refractivity (Wildman–Crippen MR) is 195 cm³/mol. The largest absolute Gasteiger partial charge is 0.462 e. The second kappa shape index (κ2) is 33.2. The van der Waals surface area contributed by atoms with Gasteiger partial charge in [0.2, 0.25) is 0 Å². The molecule has 5 nitrogen and oxygen atoms in total. The smallest absolute Gasteiger partial charge is 0.306 e. The molecule has 0 amide bonds. The van der Waals surface area contributed by atoms with Gasteiger partial charge in [0.1, 0.15) is 6.61 Å². The highest BCUT2D eigenvalue weighted by molar-refractivity contribution is 5.70. The molecule has 0 aliphatic rings. The lowest BCUT2D eigenvalue weighted by Gasteiger charge is -2.18. The van der Waals surface area contributed by atoms with Gasteiger partial charge in [-0.1, -0.05) is 146 Å². The van der Waals surface area contributed by atoms with Crippen LogP contribution in [0, 0.1) is 24.7 Å². The Morgan fingerprint density at radius 2 is 0.936 bits per heavy atom. The van der Waals surface area contributed by atoms with Crippen LogP contribution in [-0.4, -0.2) is 31.3 Å². The van der Waals surface area contributed by atoms with Crippen molar-refractivity contribution in [3.63, 3.8) is 0 Å². The van der Waals surface area contributed by atoms with E-state index in [1.165, 1.54) is 89.9 Å². The second-order valence-corrected chi connectivity index (χ2v) is 13.0. The van der Waals surface area contributed by atoms with E-state index in [1.54, 1.807) is 0 Å². The van der Waals surface area contributed by atoms with E-state index in [0.717, 1.165) is 69.8 Å². The predicted octanol–water partition coefficient (Wildman–Crippen LogP) is 11.1.